The van der Waals surface area contributed by atoms with Crippen molar-refractivity contribution in [1.29, 1.82) is 0 Å². The van der Waals surface area contributed by atoms with E-state index in [1.165, 1.54) is 10.8 Å². The minimum atomic E-state index is -0.464. The second-order valence-electron chi connectivity index (χ2n) is 13.3. The minimum Gasteiger partial charge on any atom is -0.310 e. The predicted octanol–water partition coefficient (Wildman–Crippen LogP) is 14.8. The van der Waals surface area contributed by atoms with Gasteiger partial charge in [-0.05, 0) is 120 Å². The van der Waals surface area contributed by atoms with Crippen LogP contribution in [0.3, 0.4) is 0 Å². The van der Waals surface area contributed by atoms with E-state index in [1.807, 2.05) is 24.3 Å². The van der Waals surface area contributed by atoms with Crippen LogP contribution in [0.1, 0.15) is 9.60 Å². The molecule has 0 spiro atoms. The highest BCUT2D eigenvalue weighted by Crippen LogP contribution is 2.41. The molecule has 0 fully saturated rings. The van der Waals surface area contributed by atoms with Crippen molar-refractivity contribution < 1.29 is 9.60 Å². The smallest absolute Gasteiger partial charge is 0.0629 e. The molecule has 0 atom stereocenters. The summed E-state index contributed by atoms with van der Waals surface area (Å²) in [7, 11) is 0. The van der Waals surface area contributed by atoms with Gasteiger partial charge in [0.1, 0.15) is 0 Å². The van der Waals surface area contributed by atoms with Gasteiger partial charge in [-0.3, -0.25) is 0 Å². The molecule has 53 heavy (non-hydrogen) atoms. The molecule has 0 unspecified atom stereocenters. The van der Waals surface area contributed by atoms with E-state index in [1.54, 1.807) is 0 Å². The Balaban J connectivity index is 1.05. The molecule has 248 valence electrons. The fourth-order valence-corrected chi connectivity index (χ4v) is 7.42. The first kappa shape index (κ1) is 24.3. The summed E-state index contributed by atoms with van der Waals surface area (Å²) < 4.78 is 59.8. The molecular weight excluding hydrogens is 639 g/mol. The van der Waals surface area contributed by atoms with Gasteiger partial charge in [0.2, 0.25) is 0 Å². The predicted molar refractivity (Wildman–Crippen MR) is 227 cm³/mol. The van der Waals surface area contributed by atoms with E-state index in [4.69, 9.17) is 9.60 Å². The van der Waals surface area contributed by atoms with Crippen molar-refractivity contribution in [3.8, 4) is 33.4 Å². The van der Waals surface area contributed by atoms with Gasteiger partial charge < -0.3 is 4.90 Å². The summed E-state index contributed by atoms with van der Waals surface area (Å²) in [6, 6.07) is 56.2. The van der Waals surface area contributed by atoms with E-state index in [-0.39, 0.29) is 46.5 Å². The van der Waals surface area contributed by atoms with Crippen LogP contribution in [-0.4, -0.2) is 0 Å². The van der Waals surface area contributed by atoms with Crippen LogP contribution in [0.25, 0.3) is 76.5 Å². The SMILES string of the molecule is [2H]c1c([2H])c([2H])c2c(-c3ccc4ccc(-c5ccc(N(c6ccc(-c7ccc8ccccc8c7)cc6)c6cccc7ccccc67)cc5)cc4c3)c([2H])c([2H])c([2H])c2c1[2H]. The molecule has 0 amide bonds. The zero-order valence-electron chi connectivity index (χ0n) is 35.6. The van der Waals surface area contributed by atoms with E-state index < -0.39 is 12.1 Å². The Morgan fingerprint density at radius 2 is 0.849 bits per heavy atom. The van der Waals surface area contributed by atoms with Crippen molar-refractivity contribution >= 4 is 60.2 Å². The van der Waals surface area contributed by atoms with Crippen LogP contribution in [0.4, 0.5) is 17.1 Å². The lowest BCUT2D eigenvalue weighted by Crippen LogP contribution is -2.10. The highest BCUT2D eigenvalue weighted by Gasteiger charge is 2.16. The van der Waals surface area contributed by atoms with Crippen molar-refractivity contribution in [3.05, 3.63) is 212 Å². The number of fused-ring (bicyclic) bond motifs is 4. The van der Waals surface area contributed by atoms with E-state index in [0.29, 0.717) is 5.56 Å². The third-order valence-electron chi connectivity index (χ3n) is 10.1. The molecule has 0 N–H and O–H groups in total. The maximum absolute atomic E-state index is 8.87. The summed E-state index contributed by atoms with van der Waals surface area (Å²) in [5.74, 6) is 0. The Morgan fingerprint density at radius 1 is 0.321 bits per heavy atom. The number of hydrogen-bond acceptors (Lipinski definition) is 1. The third-order valence-corrected chi connectivity index (χ3v) is 10.1. The summed E-state index contributed by atoms with van der Waals surface area (Å²) in [5, 5.41) is 6.57. The van der Waals surface area contributed by atoms with Gasteiger partial charge in [-0.25, -0.2) is 0 Å². The molecule has 0 heterocycles. The monoisotopic (exact) mass is 680 g/mol. The maximum atomic E-state index is 8.87. The van der Waals surface area contributed by atoms with Crippen LogP contribution >= 0.6 is 0 Å². The number of anilines is 3. The number of nitrogens with zero attached hydrogens (tertiary/aromatic N) is 1. The van der Waals surface area contributed by atoms with E-state index in [0.717, 1.165) is 60.9 Å². The Kier molecular flexibility index (Phi) is 5.94. The van der Waals surface area contributed by atoms with Crippen LogP contribution in [0.15, 0.2) is 212 Å². The van der Waals surface area contributed by atoms with E-state index in [9.17, 15) is 0 Å². The highest BCUT2D eigenvalue weighted by atomic mass is 15.1. The van der Waals surface area contributed by atoms with Crippen LogP contribution in [0.5, 0.6) is 0 Å². The van der Waals surface area contributed by atoms with Gasteiger partial charge in [-0.2, -0.15) is 0 Å². The lowest BCUT2D eigenvalue weighted by Gasteiger charge is -2.27. The minimum absolute atomic E-state index is 0.0515. The van der Waals surface area contributed by atoms with Crippen molar-refractivity contribution in [2.45, 2.75) is 0 Å². The van der Waals surface area contributed by atoms with Gasteiger partial charge in [-0.15, -0.1) is 0 Å². The molecule has 0 saturated heterocycles. The number of benzene rings is 10. The largest absolute Gasteiger partial charge is 0.310 e. The second kappa shape index (κ2) is 13.0. The molecule has 1 nitrogen and oxygen atoms in total. The summed E-state index contributed by atoms with van der Waals surface area (Å²) in [5.41, 5.74) is 8.14. The fourth-order valence-electron chi connectivity index (χ4n) is 7.42. The van der Waals surface area contributed by atoms with Crippen molar-refractivity contribution in [2.75, 3.05) is 4.90 Å². The molecule has 10 aromatic carbocycles. The van der Waals surface area contributed by atoms with Crippen LogP contribution in [0.2, 0.25) is 0 Å². The molecular formula is C52H35N. The Morgan fingerprint density at radius 3 is 1.58 bits per heavy atom. The fraction of sp³-hybridized carbons (Fsp3) is 0. The second-order valence-corrected chi connectivity index (χ2v) is 13.3. The summed E-state index contributed by atoms with van der Waals surface area (Å²) in [6.07, 6.45) is 0. The van der Waals surface area contributed by atoms with Crippen LogP contribution in [-0.2, 0) is 0 Å². The average Bonchev–Trinajstić information content (AvgIpc) is 3.29. The molecule has 0 aliphatic rings. The van der Waals surface area contributed by atoms with Gasteiger partial charge in [0.15, 0.2) is 0 Å². The first-order chi connectivity index (χ1) is 29.2. The molecule has 10 aromatic rings. The standard InChI is InChI=1S/C52H35N/c1-2-12-42-33-43(22-19-36(42)9-1)37-25-29-47(30-26-37)53(52-18-8-14-41-11-4-6-16-51(41)52)48-31-27-38(28-32-48)44-23-20-39-21-24-45(35-46(39)34-44)50-17-7-13-40-10-3-5-15-49(40)50/h1-35H/i3D,5D,7D,10D,13D,15D,17D. The lowest BCUT2D eigenvalue weighted by molar-refractivity contribution is 1.30. The molecule has 0 aromatic heterocycles. The molecule has 1 heteroatoms. The molecule has 0 aliphatic carbocycles. The first-order valence-corrected chi connectivity index (χ1v) is 17.7. The molecule has 0 radical (unpaired) electrons. The highest BCUT2D eigenvalue weighted by molar-refractivity contribution is 6.01. The third kappa shape index (κ3) is 5.69. The van der Waals surface area contributed by atoms with Crippen molar-refractivity contribution in [3.63, 3.8) is 0 Å². The van der Waals surface area contributed by atoms with Gasteiger partial charge >= 0.3 is 0 Å². The summed E-state index contributed by atoms with van der Waals surface area (Å²) in [4.78, 5) is 2.29. The zero-order chi connectivity index (χ0) is 41.2. The van der Waals surface area contributed by atoms with E-state index in [2.05, 4.69) is 150 Å². The topological polar surface area (TPSA) is 3.24 Å². The zero-order valence-corrected chi connectivity index (χ0v) is 28.6. The van der Waals surface area contributed by atoms with Crippen molar-refractivity contribution in [1.82, 2.24) is 0 Å². The Hall–Kier alpha value is -6.96. The summed E-state index contributed by atoms with van der Waals surface area (Å²) in [6.45, 7) is 0. The maximum Gasteiger partial charge on any atom is 0.0629 e. The normalized spacial score (nSPS) is 13.2. The number of rotatable bonds is 6. The van der Waals surface area contributed by atoms with E-state index >= 15 is 0 Å². The molecule has 10 rings (SSSR count). The molecule has 0 bridgehead atoms. The average molecular weight is 681 g/mol. The number of hydrogen-bond donors (Lipinski definition) is 0. The van der Waals surface area contributed by atoms with Gasteiger partial charge in [0.25, 0.3) is 0 Å². The van der Waals surface area contributed by atoms with Crippen LogP contribution in [0, 0.1) is 0 Å². The van der Waals surface area contributed by atoms with Gasteiger partial charge in [-0.1, -0.05) is 164 Å². The molecule has 0 aliphatic heterocycles. The van der Waals surface area contributed by atoms with Crippen molar-refractivity contribution in [2.24, 2.45) is 0 Å². The lowest BCUT2D eigenvalue weighted by atomic mass is 9.95. The quantitative estimate of drug-likeness (QED) is 0.169. The first-order valence-electron chi connectivity index (χ1n) is 21.2. The van der Waals surface area contributed by atoms with Crippen LogP contribution < -0.4 is 4.90 Å². The Bertz CT molecular complexity index is 3330. The Labute approximate surface area is 319 Å². The summed E-state index contributed by atoms with van der Waals surface area (Å²) >= 11 is 0. The molecule has 0 saturated carbocycles. The van der Waals surface area contributed by atoms with Gasteiger partial charge in [0.05, 0.1) is 15.3 Å². The van der Waals surface area contributed by atoms with Gasteiger partial charge in [0, 0.05) is 16.8 Å².